The van der Waals surface area contributed by atoms with Crippen molar-refractivity contribution in [2.45, 2.75) is 0 Å². The maximum absolute atomic E-state index is 9.76. The molecule has 4 rings (SSSR count). The van der Waals surface area contributed by atoms with Crippen molar-refractivity contribution in [3.05, 3.63) is 66.7 Å². The second-order valence-corrected chi connectivity index (χ2v) is 5.35. The van der Waals surface area contributed by atoms with Crippen LogP contribution in [0.15, 0.2) is 66.7 Å². The molecule has 106 valence electrons. The van der Waals surface area contributed by atoms with Gasteiger partial charge < -0.3 is 14.9 Å². The molecule has 0 radical (unpaired) electrons. The number of hydrogen-bond acceptors (Lipinski definition) is 3. The fourth-order valence-corrected chi connectivity index (χ4v) is 2.94. The van der Waals surface area contributed by atoms with Crippen molar-refractivity contribution in [3.8, 4) is 28.4 Å². The van der Waals surface area contributed by atoms with Crippen LogP contribution < -0.4 is 15.6 Å². The molecule has 3 nitrogen and oxygen atoms in total. The van der Waals surface area contributed by atoms with E-state index in [1.54, 1.807) is 24.3 Å². The first-order valence-electron chi connectivity index (χ1n) is 7.10. The third-order valence-electron chi connectivity index (χ3n) is 3.93. The van der Waals surface area contributed by atoms with Gasteiger partial charge in [-0.25, -0.2) is 0 Å². The molecule has 1 aliphatic rings. The smallest absolute Gasteiger partial charge is 0.427 e. The Morgan fingerprint density at radius 2 is 1.23 bits per heavy atom. The number of aromatic hydroxyl groups is 2. The summed E-state index contributed by atoms with van der Waals surface area (Å²) in [6.45, 7) is -0.242. The van der Waals surface area contributed by atoms with Crippen LogP contribution in [0, 0.1) is 0 Å². The molecule has 0 saturated heterocycles. The van der Waals surface area contributed by atoms with Gasteiger partial charge in [-0.15, -0.1) is 0 Å². The van der Waals surface area contributed by atoms with E-state index >= 15 is 0 Å². The summed E-state index contributed by atoms with van der Waals surface area (Å²) in [7, 11) is 0. The Bertz CT molecular complexity index is 795. The zero-order valence-electron chi connectivity index (χ0n) is 11.7. The van der Waals surface area contributed by atoms with Gasteiger partial charge >= 0.3 is 6.92 Å². The van der Waals surface area contributed by atoms with E-state index in [1.165, 1.54) is 0 Å². The van der Waals surface area contributed by atoms with Gasteiger partial charge in [0.25, 0.3) is 0 Å². The van der Waals surface area contributed by atoms with Crippen molar-refractivity contribution in [2.24, 2.45) is 0 Å². The molecule has 0 fully saturated rings. The molecule has 1 aliphatic heterocycles. The average molecular weight is 288 g/mol. The first-order valence-corrected chi connectivity index (χ1v) is 7.10. The van der Waals surface area contributed by atoms with E-state index in [1.807, 2.05) is 42.5 Å². The molecule has 0 aromatic heterocycles. The summed E-state index contributed by atoms with van der Waals surface area (Å²) >= 11 is 0. The number of fused-ring (bicyclic) bond motifs is 3. The van der Waals surface area contributed by atoms with Crippen LogP contribution in [0.4, 0.5) is 0 Å². The van der Waals surface area contributed by atoms with E-state index in [2.05, 4.69) is 0 Å². The number of hydrogen-bond donors (Lipinski definition) is 2. The molecule has 3 aromatic carbocycles. The predicted molar refractivity (Wildman–Crippen MR) is 87.3 cm³/mol. The molecule has 0 bridgehead atoms. The number of rotatable bonds is 2. The Morgan fingerprint density at radius 3 is 1.77 bits per heavy atom. The van der Waals surface area contributed by atoms with Gasteiger partial charge in [0.1, 0.15) is 11.5 Å². The Balaban J connectivity index is 1.86. The maximum Gasteiger partial charge on any atom is 0.427 e. The molecule has 1 heterocycles. The van der Waals surface area contributed by atoms with Crippen molar-refractivity contribution in [3.63, 3.8) is 0 Å². The van der Waals surface area contributed by atoms with E-state index < -0.39 is 0 Å². The Kier molecular flexibility index (Phi) is 2.83. The summed E-state index contributed by atoms with van der Waals surface area (Å²) < 4.78 is 6.14. The third-order valence-corrected chi connectivity index (χ3v) is 3.93. The number of phenolic OH excluding ortho intramolecular Hbond substituents is 2. The van der Waals surface area contributed by atoms with Crippen molar-refractivity contribution in [2.75, 3.05) is 0 Å². The Morgan fingerprint density at radius 1 is 0.682 bits per heavy atom. The van der Waals surface area contributed by atoms with Gasteiger partial charge in [-0.05, 0) is 58.5 Å². The van der Waals surface area contributed by atoms with Gasteiger partial charge in [-0.2, -0.15) is 0 Å². The van der Waals surface area contributed by atoms with Gasteiger partial charge in [0.15, 0.2) is 0 Å². The maximum atomic E-state index is 9.76. The lowest BCUT2D eigenvalue weighted by atomic mass is 9.58. The SMILES string of the molecule is Oc1ccc2c(c1)-c1cc(O)ccc1B2Oc1ccccc1. The van der Waals surface area contributed by atoms with Gasteiger partial charge in [0.05, 0.1) is 5.75 Å². The van der Waals surface area contributed by atoms with Crippen molar-refractivity contribution < 1.29 is 14.9 Å². The van der Waals surface area contributed by atoms with Crippen LogP contribution in [-0.2, 0) is 0 Å². The first-order chi connectivity index (χ1) is 10.7. The number of phenols is 2. The normalized spacial score (nSPS) is 11.9. The molecular weight excluding hydrogens is 275 g/mol. The molecular formula is C18H13BO3. The minimum absolute atomic E-state index is 0.202. The molecule has 0 spiro atoms. The molecule has 0 unspecified atom stereocenters. The van der Waals surface area contributed by atoms with Crippen LogP contribution in [0.2, 0.25) is 0 Å². The largest absolute Gasteiger partial charge is 0.551 e. The summed E-state index contributed by atoms with van der Waals surface area (Å²) in [5, 5.41) is 19.5. The van der Waals surface area contributed by atoms with Crippen LogP contribution in [0.5, 0.6) is 17.2 Å². The fourth-order valence-electron chi connectivity index (χ4n) is 2.94. The molecule has 4 heteroatoms. The lowest BCUT2D eigenvalue weighted by molar-refractivity contribution is 0.474. The minimum atomic E-state index is -0.242. The lowest BCUT2D eigenvalue weighted by Gasteiger charge is -2.13. The highest BCUT2D eigenvalue weighted by molar-refractivity contribution is 6.85. The monoisotopic (exact) mass is 288 g/mol. The number of benzene rings is 3. The molecule has 0 atom stereocenters. The highest BCUT2D eigenvalue weighted by Crippen LogP contribution is 2.29. The third kappa shape index (κ3) is 2.01. The van der Waals surface area contributed by atoms with E-state index in [0.717, 1.165) is 27.8 Å². The highest BCUT2D eigenvalue weighted by Gasteiger charge is 2.36. The van der Waals surface area contributed by atoms with Crippen LogP contribution in [0.1, 0.15) is 0 Å². The lowest BCUT2D eigenvalue weighted by Crippen LogP contribution is -2.43. The molecule has 0 amide bonds. The zero-order valence-corrected chi connectivity index (χ0v) is 11.7. The van der Waals surface area contributed by atoms with Crippen LogP contribution in [-0.4, -0.2) is 17.1 Å². The second kappa shape index (κ2) is 4.84. The van der Waals surface area contributed by atoms with Crippen molar-refractivity contribution in [1.29, 1.82) is 0 Å². The van der Waals surface area contributed by atoms with Crippen LogP contribution >= 0.6 is 0 Å². The van der Waals surface area contributed by atoms with Crippen LogP contribution in [0.25, 0.3) is 11.1 Å². The summed E-state index contributed by atoms with van der Waals surface area (Å²) in [5.74, 6) is 1.19. The van der Waals surface area contributed by atoms with Gasteiger partial charge in [0.2, 0.25) is 0 Å². The molecule has 3 aromatic rings. The van der Waals surface area contributed by atoms with Crippen molar-refractivity contribution >= 4 is 17.8 Å². The Hall–Kier alpha value is -2.88. The van der Waals surface area contributed by atoms with Gasteiger partial charge in [-0.3, -0.25) is 0 Å². The quantitative estimate of drug-likeness (QED) is 0.711. The second-order valence-electron chi connectivity index (χ2n) is 5.35. The summed E-state index contributed by atoms with van der Waals surface area (Å²) in [6, 6.07) is 20.1. The van der Waals surface area contributed by atoms with Crippen molar-refractivity contribution in [1.82, 2.24) is 0 Å². The molecule has 0 saturated carbocycles. The number of para-hydroxylation sites is 1. The summed E-state index contributed by atoms with van der Waals surface area (Å²) in [4.78, 5) is 0. The summed E-state index contributed by atoms with van der Waals surface area (Å²) in [5.41, 5.74) is 3.77. The standard InChI is InChI=1S/C18H13BO3/c20-12-6-8-17-15(10-12)16-11-13(21)7-9-18(16)19(17)22-14-4-2-1-3-5-14/h1-11,20-21H. The average Bonchev–Trinajstić information content (AvgIpc) is 2.81. The van der Waals surface area contributed by atoms with E-state index in [0.29, 0.717) is 0 Å². The zero-order chi connectivity index (χ0) is 15.1. The van der Waals surface area contributed by atoms with E-state index in [4.69, 9.17) is 4.65 Å². The minimum Gasteiger partial charge on any atom is -0.551 e. The van der Waals surface area contributed by atoms with Crippen LogP contribution in [0.3, 0.4) is 0 Å². The van der Waals surface area contributed by atoms with Gasteiger partial charge in [0, 0.05) is 0 Å². The van der Waals surface area contributed by atoms with E-state index in [-0.39, 0.29) is 18.4 Å². The highest BCUT2D eigenvalue weighted by atomic mass is 16.4. The fraction of sp³-hybridized carbons (Fsp3) is 0. The predicted octanol–water partition coefficient (Wildman–Crippen LogP) is 2.26. The first kappa shape index (κ1) is 12.8. The Labute approximate surface area is 128 Å². The topological polar surface area (TPSA) is 49.7 Å². The summed E-state index contributed by atoms with van der Waals surface area (Å²) in [6.07, 6.45) is 0. The molecule has 22 heavy (non-hydrogen) atoms. The van der Waals surface area contributed by atoms with Gasteiger partial charge in [-0.1, -0.05) is 30.3 Å². The molecule has 2 N–H and O–H groups in total. The molecule has 0 aliphatic carbocycles. The van der Waals surface area contributed by atoms with E-state index in [9.17, 15) is 10.2 Å².